The Balaban J connectivity index is 5.93. The fourth-order valence-electron chi connectivity index (χ4n) is 1.18. The van der Waals surface area contributed by atoms with E-state index < -0.39 is 42.1 Å². The Labute approximate surface area is 112 Å². The molecule has 0 heterocycles. The molecule has 0 rings (SSSR count). The molecule has 0 saturated heterocycles. The number of alkyl halides is 9. The first kappa shape index (κ1) is 19.6. The van der Waals surface area contributed by atoms with Crippen molar-refractivity contribution in [1.29, 1.82) is 0 Å². The lowest BCUT2D eigenvalue weighted by Gasteiger charge is -2.34. The molecule has 0 radical (unpaired) electrons. The summed E-state index contributed by atoms with van der Waals surface area (Å²) in [6.07, 6.45) is -6.95. The lowest BCUT2D eigenvalue weighted by atomic mass is 9.96. The summed E-state index contributed by atoms with van der Waals surface area (Å²) in [6, 6.07) is 0. The molecule has 0 aliphatic carbocycles. The van der Waals surface area contributed by atoms with Crippen LogP contribution in [0, 0.1) is 0 Å². The molecule has 2 nitrogen and oxygen atoms in total. The number of hydrogen-bond donors (Lipinski definition) is 0. The SMILES string of the molecule is CC=C(C(=O)OCC)C(F)(F)C(F)(F)C(F)(F)C(F)(F)F. The molecule has 0 aromatic heterocycles. The largest absolute Gasteiger partial charge is 0.462 e. The second-order valence-electron chi connectivity index (χ2n) is 3.64. The molecular weight excluding hydrogens is 323 g/mol. The van der Waals surface area contributed by atoms with E-state index in [2.05, 4.69) is 4.74 Å². The zero-order valence-electron chi connectivity index (χ0n) is 10.5. The first-order valence-electron chi connectivity index (χ1n) is 5.22. The van der Waals surface area contributed by atoms with E-state index in [0.717, 1.165) is 6.92 Å². The number of carbonyl (C=O) groups excluding carboxylic acids is 1. The average molecular weight is 332 g/mol. The second-order valence-corrected chi connectivity index (χ2v) is 3.64. The fraction of sp³-hybridized carbons (Fsp3) is 0.700. The van der Waals surface area contributed by atoms with Crippen molar-refractivity contribution >= 4 is 5.97 Å². The summed E-state index contributed by atoms with van der Waals surface area (Å²) < 4.78 is 118. The highest BCUT2D eigenvalue weighted by atomic mass is 19.4. The van der Waals surface area contributed by atoms with Gasteiger partial charge in [0.1, 0.15) is 5.57 Å². The molecular formula is C10H9F9O2. The third kappa shape index (κ3) is 3.10. The predicted molar refractivity (Wildman–Crippen MR) is 51.3 cm³/mol. The number of esters is 1. The zero-order chi connectivity index (χ0) is 17.3. The molecule has 11 heteroatoms. The van der Waals surface area contributed by atoms with E-state index in [-0.39, 0.29) is 6.08 Å². The highest BCUT2D eigenvalue weighted by Gasteiger charge is 2.82. The number of hydrogen-bond acceptors (Lipinski definition) is 2. The minimum Gasteiger partial charge on any atom is -0.462 e. The number of allylic oxidation sites excluding steroid dienone is 1. The van der Waals surface area contributed by atoms with Gasteiger partial charge in [-0.25, -0.2) is 4.79 Å². The van der Waals surface area contributed by atoms with Gasteiger partial charge in [0.15, 0.2) is 0 Å². The van der Waals surface area contributed by atoms with Gasteiger partial charge in [0.2, 0.25) is 0 Å². The molecule has 21 heavy (non-hydrogen) atoms. The Hall–Kier alpha value is -1.42. The van der Waals surface area contributed by atoms with Crippen LogP contribution in [0.25, 0.3) is 0 Å². The molecule has 124 valence electrons. The van der Waals surface area contributed by atoms with Crippen LogP contribution in [0.3, 0.4) is 0 Å². The molecule has 0 unspecified atom stereocenters. The lowest BCUT2D eigenvalue weighted by molar-refractivity contribution is -0.389. The van der Waals surface area contributed by atoms with Crippen molar-refractivity contribution in [2.45, 2.75) is 37.8 Å². The van der Waals surface area contributed by atoms with Crippen LogP contribution in [0.5, 0.6) is 0 Å². The minimum atomic E-state index is -7.05. The van der Waals surface area contributed by atoms with Crippen molar-refractivity contribution in [1.82, 2.24) is 0 Å². The van der Waals surface area contributed by atoms with Gasteiger partial charge in [-0.1, -0.05) is 6.08 Å². The van der Waals surface area contributed by atoms with Gasteiger partial charge in [0, 0.05) is 0 Å². The molecule has 0 fully saturated rings. The molecule has 0 aliphatic heterocycles. The molecule has 0 saturated carbocycles. The third-order valence-corrected chi connectivity index (χ3v) is 2.27. The van der Waals surface area contributed by atoms with Crippen LogP contribution in [0.15, 0.2) is 11.6 Å². The van der Waals surface area contributed by atoms with Crippen molar-refractivity contribution < 1.29 is 49.0 Å². The minimum absolute atomic E-state index is 0.0155. The monoisotopic (exact) mass is 332 g/mol. The van der Waals surface area contributed by atoms with Crippen LogP contribution in [0.1, 0.15) is 13.8 Å². The van der Waals surface area contributed by atoms with Crippen molar-refractivity contribution in [2.24, 2.45) is 0 Å². The maximum Gasteiger partial charge on any atom is 0.460 e. The first-order chi connectivity index (χ1) is 9.18. The van der Waals surface area contributed by atoms with Crippen molar-refractivity contribution in [3.05, 3.63) is 11.6 Å². The average Bonchev–Trinajstić information content (AvgIpc) is 2.27. The van der Waals surface area contributed by atoms with Gasteiger partial charge in [-0.3, -0.25) is 0 Å². The summed E-state index contributed by atoms with van der Waals surface area (Å²) in [5.41, 5.74) is -2.29. The molecule has 0 aromatic carbocycles. The molecule has 0 N–H and O–H groups in total. The smallest absolute Gasteiger partial charge is 0.460 e. The Kier molecular flexibility index (Phi) is 5.37. The number of ether oxygens (including phenoxy) is 1. The summed E-state index contributed by atoms with van der Waals surface area (Å²) >= 11 is 0. The fourth-order valence-corrected chi connectivity index (χ4v) is 1.18. The Morgan fingerprint density at radius 1 is 0.952 bits per heavy atom. The molecule has 0 bridgehead atoms. The molecule has 0 aromatic rings. The molecule has 0 amide bonds. The van der Waals surface area contributed by atoms with Crippen molar-refractivity contribution in [3.8, 4) is 0 Å². The Morgan fingerprint density at radius 3 is 1.67 bits per heavy atom. The van der Waals surface area contributed by atoms with Crippen LogP contribution < -0.4 is 0 Å². The Morgan fingerprint density at radius 2 is 1.38 bits per heavy atom. The summed E-state index contributed by atoms with van der Waals surface area (Å²) in [6.45, 7) is 1.10. The highest BCUT2D eigenvalue weighted by Crippen LogP contribution is 2.55. The van der Waals surface area contributed by atoms with Gasteiger partial charge in [-0.05, 0) is 13.8 Å². The second kappa shape index (κ2) is 5.76. The maximum atomic E-state index is 13.4. The van der Waals surface area contributed by atoms with Gasteiger partial charge in [-0.15, -0.1) is 0 Å². The summed E-state index contributed by atoms with van der Waals surface area (Å²) in [5.74, 6) is -22.1. The highest BCUT2D eigenvalue weighted by molar-refractivity contribution is 5.90. The summed E-state index contributed by atoms with van der Waals surface area (Å²) in [7, 11) is 0. The lowest BCUT2D eigenvalue weighted by Crippen LogP contribution is -2.62. The van der Waals surface area contributed by atoms with Crippen molar-refractivity contribution in [3.63, 3.8) is 0 Å². The predicted octanol–water partition coefficient (Wildman–Crippen LogP) is 3.96. The molecule has 0 atom stereocenters. The Bertz CT molecular complexity index is 423. The van der Waals surface area contributed by atoms with Crippen LogP contribution in [0.2, 0.25) is 0 Å². The van der Waals surface area contributed by atoms with E-state index in [4.69, 9.17) is 0 Å². The topological polar surface area (TPSA) is 26.3 Å². The van der Waals surface area contributed by atoms with Gasteiger partial charge < -0.3 is 4.74 Å². The van der Waals surface area contributed by atoms with Crippen LogP contribution >= 0.6 is 0 Å². The van der Waals surface area contributed by atoms with E-state index in [1.807, 2.05) is 0 Å². The normalized spacial score (nSPS) is 15.1. The number of carbonyl (C=O) groups is 1. The summed E-state index contributed by atoms with van der Waals surface area (Å²) in [4.78, 5) is 11.0. The van der Waals surface area contributed by atoms with Gasteiger partial charge in [-0.2, -0.15) is 39.5 Å². The standard InChI is InChI=1S/C10H9F9O2/c1-3-5(6(20)21-4-2)7(11,12)8(13,14)9(15,16)10(17,18)19/h3H,4H2,1-2H3. The van der Waals surface area contributed by atoms with Gasteiger partial charge in [0.05, 0.1) is 6.61 Å². The van der Waals surface area contributed by atoms with Crippen molar-refractivity contribution in [2.75, 3.05) is 6.61 Å². The quantitative estimate of drug-likeness (QED) is 0.433. The van der Waals surface area contributed by atoms with Crippen LogP contribution in [-0.2, 0) is 9.53 Å². The molecule has 0 spiro atoms. The van der Waals surface area contributed by atoms with Gasteiger partial charge >= 0.3 is 29.9 Å². The van der Waals surface area contributed by atoms with Gasteiger partial charge in [0.25, 0.3) is 0 Å². The van der Waals surface area contributed by atoms with E-state index in [1.165, 1.54) is 0 Å². The van der Waals surface area contributed by atoms with E-state index in [9.17, 15) is 44.3 Å². The van der Waals surface area contributed by atoms with E-state index in [0.29, 0.717) is 6.92 Å². The number of rotatable bonds is 5. The van der Waals surface area contributed by atoms with Crippen LogP contribution in [0.4, 0.5) is 39.5 Å². The maximum absolute atomic E-state index is 13.4. The first-order valence-corrected chi connectivity index (χ1v) is 5.22. The molecule has 0 aliphatic rings. The third-order valence-electron chi connectivity index (χ3n) is 2.27. The number of halogens is 9. The zero-order valence-corrected chi connectivity index (χ0v) is 10.5. The van der Waals surface area contributed by atoms with E-state index >= 15 is 0 Å². The van der Waals surface area contributed by atoms with E-state index in [1.54, 1.807) is 0 Å². The summed E-state index contributed by atoms with van der Waals surface area (Å²) in [5, 5.41) is 0. The van der Waals surface area contributed by atoms with Crippen LogP contribution in [-0.4, -0.2) is 36.5 Å².